The Labute approximate surface area is 153 Å². The summed E-state index contributed by atoms with van der Waals surface area (Å²) < 4.78 is 0. The molecule has 4 rings (SSSR count). The summed E-state index contributed by atoms with van der Waals surface area (Å²) in [5.41, 5.74) is 4.11. The van der Waals surface area contributed by atoms with E-state index in [9.17, 15) is 4.79 Å². The Balaban J connectivity index is 1.96. The maximum atomic E-state index is 12.5. The number of rotatable bonds is 3. The lowest BCUT2D eigenvalue weighted by Crippen LogP contribution is -2.22. The molecule has 0 heterocycles. The summed E-state index contributed by atoms with van der Waals surface area (Å²) in [6.45, 7) is 1.60. The molecule has 0 aliphatic heterocycles. The molecule has 0 radical (unpaired) electrons. The van der Waals surface area contributed by atoms with Crippen LogP contribution in [-0.2, 0) is 4.79 Å². The van der Waals surface area contributed by atoms with Crippen LogP contribution in [0.5, 0.6) is 0 Å². The molecule has 0 aromatic heterocycles. The topological polar surface area (TPSA) is 20.3 Å². The fraction of sp³-hybridized carbons (Fsp3) is 0.0417. The van der Waals surface area contributed by atoms with Crippen LogP contribution >= 0.6 is 0 Å². The zero-order valence-electron chi connectivity index (χ0n) is 14.6. The lowest BCUT2D eigenvalue weighted by atomic mass is 9.96. The fourth-order valence-electron chi connectivity index (χ4n) is 3.42. The van der Waals surface area contributed by atoms with Crippen LogP contribution in [0.2, 0.25) is 0 Å². The minimum atomic E-state index is -0.00573. The first kappa shape index (κ1) is 16.1. The van der Waals surface area contributed by atoms with Gasteiger partial charge in [0.25, 0.3) is 0 Å². The number of hydrogen-bond donors (Lipinski definition) is 0. The van der Waals surface area contributed by atoms with Crippen molar-refractivity contribution in [1.82, 2.24) is 0 Å². The van der Waals surface area contributed by atoms with Gasteiger partial charge in [-0.3, -0.25) is 9.69 Å². The lowest BCUT2D eigenvalue weighted by Gasteiger charge is -2.24. The number of carbonyl (C=O) groups excluding carboxylic acids is 1. The van der Waals surface area contributed by atoms with Gasteiger partial charge in [0.15, 0.2) is 0 Å². The molecular weight excluding hydrogens is 318 g/mol. The molecule has 0 N–H and O–H groups in total. The molecule has 1 amide bonds. The highest BCUT2D eigenvalue weighted by atomic mass is 16.2. The smallest absolute Gasteiger partial charge is 0.228 e. The standard InChI is InChI=1S/C24H19NO/c1-18(26)25(20-12-6-3-7-13-20)24-17-16-21(19-10-4-2-5-11-19)22-14-8-9-15-23(22)24/h2-17H,1H3. The van der Waals surface area contributed by atoms with Gasteiger partial charge in [0, 0.05) is 18.0 Å². The Kier molecular flexibility index (Phi) is 4.24. The van der Waals surface area contributed by atoms with Crippen LogP contribution in [0.15, 0.2) is 97.1 Å². The number of amides is 1. The highest BCUT2D eigenvalue weighted by Crippen LogP contribution is 2.37. The highest BCUT2D eigenvalue weighted by Gasteiger charge is 2.17. The number of para-hydroxylation sites is 1. The number of carbonyl (C=O) groups is 1. The number of hydrogen-bond acceptors (Lipinski definition) is 1. The monoisotopic (exact) mass is 337 g/mol. The van der Waals surface area contributed by atoms with Crippen LogP contribution in [0.4, 0.5) is 11.4 Å². The molecule has 2 heteroatoms. The minimum Gasteiger partial charge on any atom is -0.281 e. The summed E-state index contributed by atoms with van der Waals surface area (Å²) in [5, 5.41) is 2.20. The largest absolute Gasteiger partial charge is 0.281 e. The van der Waals surface area contributed by atoms with Crippen LogP contribution in [0.3, 0.4) is 0 Å². The van der Waals surface area contributed by atoms with Crippen molar-refractivity contribution >= 4 is 28.1 Å². The predicted octanol–water partition coefficient (Wildman–Crippen LogP) is 6.19. The van der Waals surface area contributed by atoms with Crippen molar-refractivity contribution < 1.29 is 4.79 Å². The molecule has 0 aliphatic rings. The van der Waals surface area contributed by atoms with Gasteiger partial charge in [-0.15, -0.1) is 0 Å². The Bertz CT molecular complexity index is 1060. The maximum Gasteiger partial charge on any atom is 0.228 e. The van der Waals surface area contributed by atoms with Crippen molar-refractivity contribution in [3.05, 3.63) is 97.1 Å². The molecule has 2 nitrogen and oxygen atoms in total. The molecule has 0 bridgehead atoms. The Morgan fingerprint density at radius 1 is 0.654 bits per heavy atom. The summed E-state index contributed by atoms with van der Waals surface area (Å²) >= 11 is 0. The van der Waals surface area contributed by atoms with Crippen molar-refractivity contribution in [3.63, 3.8) is 0 Å². The Hall–Kier alpha value is -3.39. The molecule has 0 saturated heterocycles. The van der Waals surface area contributed by atoms with Gasteiger partial charge in [0.1, 0.15) is 0 Å². The van der Waals surface area contributed by atoms with Crippen molar-refractivity contribution in [2.24, 2.45) is 0 Å². The van der Waals surface area contributed by atoms with Crippen LogP contribution in [0, 0.1) is 0 Å². The van der Waals surface area contributed by atoms with E-state index in [0.29, 0.717) is 0 Å². The van der Waals surface area contributed by atoms with E-state index in [1.807, 2.05) is 66.7 Å². The fourth-order valence-corrected chi connectivity index (χ4v) is 3.42. The van der Waals surface area contributed by atoms with E-state index in [1.165, 1.54) is 11.1 Å². The van der Waals surface area contributed by atoms with Crippen molar-refractivity contribution in [1.29, 1.82) is 0 Å². The van der Waals surface area contributed by atoms with Crippen LogP contribution in [0.1, 0.15) is 6.92 Å². The second-order valence-electron chi connectivity index (χ2n) is 6.23. The molecule has 0 unspecified atom stereocenters. The molecule has 0 atom stereocenters. The van der Waals surface area contributed by atoms with E-state index < -0.39 is 0 Å². The van der Waals surface area contributed by atoms with Gasteiger partial charge >= 0.3 is 0 Å². The summed E-state index contributed by atoms with van der Waals surface area (Å²) in [4.78, 5) is 14.2. The average Bonchev–Trinajstić information content (AvgIpc) is 2.69. The van der Waals surface area contributed by atoms with E-state index in [0.717, 1.165) is 22.1 Å². The number of benzene rings is 4. The molecule has 4 aromatic carbocycles. The van der Waals surface area contributed by atoms with Gasteiger partial charge in [0.05, 0.1) is 5.69 Å². The molecular formula is C24H19NO. The van der Waals surface area contributed by atoms with E-state index in [-0.39, 0.29) is 5.91 Å². The quantitative estimate of drug-likeness (QED) is 0.436. The summed E-state index contributed by atoms with van der Waals surface area (Å²) in [5.74, 6) is -0.00573. The summed E-state index contributed by atoms with van der Waals surface area (Å²) in [6, 6.07) is 32.5. The van der Waals surface area contributed by atoms with E-state index in [1.54, 1.807) is 11.8 Å². The predicted molar refractivity (Wildman–Crippen MR) is 109 cm³/mol. The molecule has 0 fully saturated rings. The molecule has 126 valence electrons. The second-order valence-corrected chi connectivity index (χ2v) is 6.23. The molecule has 26 heavy (non-hydrogen) atoms. The zero-order chi connectivity index (χ0) is 17.9. The van der Waals surface area contributed by atoms with Gasteiger partial charge in [-0.05, 0) is 34.7 Å². The van der Waals surface area contributed by atoms with Crippen molar-refractivity contribution in [2.75, 3.05) is 4.90 Å². The van der Waals surface area contributed by atoms with Crippen molar-refractivity contribution in [2.45, 2.75) is 6.92 Å². The second kappa shape index (κ2) is 6.85. The van der Waals surface area contributed by atoms with Gasteiger partial charge in [-0.1, -0.05) is 78.9 Å². The molecule has 0 saturated carbocycles. The number of fused-ring (bicyclic) bond motifs is 1. The Morgan fingerprint density at radius 3 is 1.88 bits per heavy atom. The summed E-state index contributed by atoms with van der Waals surface area (Å²) in [7, 11) is 0. The van der Waals surface area contributed by atoms with Crippen LogP contribution in [-0.4, -0.2) is 5.91 Å². The third kappa shape index (κ3) is 2.86. The first-order valence-corrected chi connectivity index (χ1v) is 8.68. The van der Waals surface area contributed by atoms with Crippen LogP contribution in [0.25, 0.3) is 21.9 Å². The van der Waals surface area contributed by atoms with Crippen LogP contribution < -0.4 is 4.90 Å². The first-order chi connectivity index (χ1) is 12.8. The van der Waals surface area contributed by atoms with Gasteiger partial charge in [-0.2, -0.15) is 0 Å². The van der Waals surface area contributed by atoms with Gasteiger partial charge in [0.2, 0.25) is 5.91 Å². The van der Waals surface area contributed by atoms with E-state index >= 15 is 0 Å². The molecule has 0 spiro atoms. The maximum absolute atomic E-state index is 12.5. The molecule has 0 aliphatic carbocycles. The summed E-state index contributed by atoms with van der Waals surface area (Å²) in [6.07, 6.45) is 0. The zero-order valence-corrected chi connectivity index (χ0v) is 14.6. The SMILES string of the molecule is CC(=O)N(c1ccccc1)c1ccc(-c2ccccc2)c2ccccc12. The lowest BCUT2D eigenvalue weighted by molar-refractivity contribution is -0.115. The highest BCUT2D eigenvalue weighted by molar-refractivity contribution is 6.11. The number of nitrogens with zero attached hydrogens (tertiary/aromatic N) is 1. The van der Waals surface area contributed by atoms with E-state index in [4.69, 9.17) is 0 Å². The van der Waals surface area contributed by atoms with E-state index in [2.05, 4.69) is 30.3 Å². The third-order valence-electron chi connectivity index (χ3n) is 4.56. The Morgan fingerprint density at radius 2 is 1.23 bits per heavy atom. The number of anilines is 2. The van der Waals surface area contributed by atoms with Crippen molar-refractivity contribution in [3.8, 4) is 11.1 Å². The van der Waals surface area contributed by atoms with Gasteiger partial charge < -0.3 is 0 Å². The van der Waals surface area contributed by atoms with Gasteiger partial charge in [-0.25, -0.2) is 0 Å². The first-order valence-electron chi connectivity index (χ1n) is 8.68. The average molecular weight is 337 g/mol. The third-order valence-corrected chi connectivity index (χ3v) is 4.56. The minimum absolute atomic E-state index is 0.00573. The molecule has 4 aromatic rings. The normalized spacial score (nSPS) is 10.7.